The number of esters is 1. The second kappa shape index (κ2) is 3.83. The minimum absolute atomic E-state index is 0.0824. The molecule has 18 heavy (non-hydrogen) atoms. The Balaban J connectivity index is 1.43. The van der Waals surface area contributed by atoms with Gasteiger partial charge in [-0.1, -0.05) is 19.9 Å². The molecule has 0 N–H and O–H groups in total. The average molecular weight is 250 g/mol. The molecule has 0 heterocycles. The lowest BCUT2D eigenvalue weighted by Gasteiger charge is -2.21. The van der Waals surface area contributed by atoms with Crippen molar-refractivity contribution in [1.82, 2.24) is 0 Å². The number of carbonyl (C=O) groups is 1. The van der Waals surface area contributed by atoms with Crippen molar-refractivity contribution in [3.8, 4) is 0 Å². The maximum absolute atomic E-state index is 12.0. The highest BCUT2D eigenvalue weighted by Gasteiger charge is 2.63. The molecule has 3 atom stereocenters. The average Bonchev–Trinajstić information content (AvgIpc) is 2.74. The molecule has 3 nitrogen and oxygen atoms in total. The molecule has 0 aromatic carbocycles. The van der Waals surface area contributed by atoms with Crippen LogP contribution in [-0.2, 0) is 14.3 Å². The van der Waals surface area contributed by atoms with Gasteiger partial charge in [-0.15, -0.1) is 0 Å². The molecule has 3 unspecified atom stereocenters. The summed E-state index contributed by atoms with van der Waals surface area (Å²) in [6.45, 7) is 6.31. The highest BCUT2D eigenvalue weighted by Crippen LogP contribution is 2.63. The van der Waals surface area contributed by atoms with Crippen LogP contribution in [0.15, 0.2) is 11.6 Å². The minimum Gasteiger partial charge on any atom is -0.438 e. The third-order valence-electron chi connectivity index (χ3n) is 5.26. The molecule has 0 saturated heterocycles. The van der Waals surface area contributed by atoms with Gasteiger partial charge >= 0.3 is 5.97 Å². The van der Waals surface area contributed by atoms with Crippen LogP contribution in [-0.4, -0.2) is 18.9 Å². The molecule has 0 spiro atoms. The molecule has 0 aliphatic heterocycles. The van der Waals surface area contributed by atoms with Gasteiger partial charge in [0.15, 0.2) is 6.79 Å². The van der Waals surface area contributed by atoms with Crippen LogP contribution in [0.5, 0.6) is 0 Å². The van der Waals surface area contributed by atoms with Gasteiger partial charge in [0.05, 0.1) is 11.5 Å². The Labute approximate surface area is 109 Å². The molecule has 2 bridgehead atoms. The second-order valence-corrected chi connectivity index (χ2v) is 6.87. The Morgan fingerprint density at radius 1 is 1.44 bits per heavy atom. The molecule has 1 fully saturated rings. The number of rotatable bonds is 4. The highest BCUT2D eigenvalue weighted by molar-refractivity contribution is 5.81. The van der Waals surface area contributed by atoms with Crippen molar-refractivity contribution in [2.24, 2.45) is 16.7 Å². The molecule has 100 valence electrons. The van der Waals surface area contributed by atoms with E-state index in [1.165, 1.54) is 12.0 Å². The zero-order valence-corrected chi connectivity index (χ0v) is 11.5. The highest BCUT2D eigenvalue weighted by atomic mass is 16.7. The molecule has 0 aromatic rings. The Morgan fingerprint density at radius 2 is 2.17 bits per heavy atom. The minimum atomic E-state index is -0.301. The largest absolute Gasteiger partial charge is 0.438 e. The Hall–Kier alpha value is -0.830. The lowest BCUT2D eigenvalue weighted by Crippen LogP contribution is -2.25. The quantitative estimate of drug-likeness (QED) is 0.437. The molecule has 1 saturated carbocycles. The summed E-state index contributed by atoms with van der Waals surface area (Å²) < 4.78 is 11.0. The molecule has 0 amide bonds. The van der Waals surface area contributed by atoms with Gasteiger partial charge < -0.3 is 9.47 Å². The van der Waals surface area contributed by atoms with Gasteiger partial charge in [-0.05, 0) is 49.5 Å². The van der Waals surface area contributed by atoms with Crippen molar-refractivity contribution in [2.45, 2.75) is 52.6 Å². The van der Waals surface area contributed by atoms with Gasteiger partial charge in [0.2, 0.25) is 0 Å². The van der Waals surface area contributed by atoms with Crippen LogP contribution in [0.4, 0.5) is 0 Å². The number of ether oxygens (including phenoxy) is 2. The van der Waals surface area contributed by atoms with Crippen LogP contribution in [0.3, 0.4) is 0 Å². The molecule has 3 rings (SSSR count). The zero-order chi connectivity index (χ0) is 13.0. The van der Waals surface area contributed by atoms with Crippen molar-refractivity contribution >= 4 is 5.97 Å². The normalized spacial score (nSPS) is 39.6. The van der Waals surface area contributed by atoms with E-state index in [4.69, 9.17) is 9.47 Å². The first-order valence-electron chi connectivity index (χ1n) is 6.92. The molecular formula is C15H22O3. The molecule has 0 aromatic heterocycles. The number of carbonyl (C=O) groups excluding carboxylic acids is 1. The van der Waals surface area contributed by atoms with Crippen molar-refractivity contribution in [1.29, 1.82) is 0 Å². The van der Waals surface area contributed by atoms with E-state index in [0.717, 1.165) is 19.3 Å². The maximum atomic E-state index is 12.0. The van der Waals surface area contributed by atoms with Gasteiger partial charge in [0, 0.05) is 0 Å². The molecular weight excluding hydrogens is 228 g/mol. The summed E-state index contributed by atoms with van der Waals surface area (Å²) in [5, 5.41) is 0. The summed E-state index contributed by atoms with van der Waals surface area (Å²) >= 11 is 0. The standard InChI is InChI=1S/C15H22O3/c1-14(2)8-15(14,3)13(16)18-9-17-12-7-10-4-5-11(12)6-10/h6,10,12H,4-5,7-9H2,1-3H3. The van der Waals surface area contributed by atoms with E-state index in [1.54, 1.807) is 0 Å². The van der Waals surface area contributed by atoms with Gasteiger partial charge in [-0.3, -0.25) is 4.79 Å². The van der Waals surface area contributed by atoms with Gasteiger partial charge in [0.1, 0.15) is 0 Å². The first kappa shape index (κ1) is 12.2. The Bertz CT molecular complexity index is 410. The molecule has 3 aliphatic rings. The van der Waals surface area contributed by atoms with Crippen LogP contribution in [0.25, 0.3) is 0 Å². The Kier molecular flexibility index (Phi) is 2.60. The van der Waals surface area contributed by atoms with E-state index < -0.39 is 0 Å². The maximum Gasteiger partial charge on any atom is 0.314 e. The number of hydrogen-bond donors (Lipinski definition) is 0. The Morgan fingerprint density at radius 3 is 2.67 bits per heavy atom. The molecule has 3 heteroatoms. The first-order valence-corrected chi connectivity index (χ1v) is 6.92. The molecule has 0 radical (unpaired) electrons. The summed E-state index contributed by atoms with van der Waals surface area (Å²) in [4.78, 5) is 12.0. The number of fused-ring (bicyclic) bond motifs is 1. The molecule has 3 aliphatic carbocycles. The summed E-state index contributed by atoms with van der Waals surface area (Å²) in [5.74, 6) is 0.602. The van der Waals surface area contributed by atoms with Gasteiger partial charge in [0.25, 0.3) is 0 Å². The van der Waals surface area contributed by atoms with Crippen LogP contribution >= 0.6 is 0 Å². The smallest absolute Gasteiger partial charge is 0.314 e. The van der Waals surface area contributed by atoms with E-state index in [1.807, 2.05) is 6.92 Å². The van der Waals surface area contributed by atoms with Gasteiger partial charge in [-0.2, -0.15) is 0 Å². The predicted octanol–water partition coefficient (Wildman–Crippen LogP) is 3.05. The third kappa shape index (κ3) is 1.80. The van der Waals surface area contributed by atoms with Gasteiger partial charge in [-0.25, -0.2) is 0 Å². The first-order chi connectivity index (χ1) is 8.42. The van der Waals surface area contributed by atoms with Crippen molar-refractivity contribution in [3.63, 3.8) is 0 Å². The topological polar surface area (TPSA) is 35.5 Å². The van der Waals surface area contributed by atoms with Crippen LogP contribution in [0.1, 0.15) is 46.5 Å². The van der Waals surface area contributed by atoms with E-state index in [2.05, 4.69) is 19.9 Å². The van der Waals surface area contributed by atoms with Crippen molar-refractivity contribution in [3.05, 3.63) is 11.6 Å². The number of hydrogen-bond acceptors (Lipinski definition) is 3. The fraction of sp³-hybridized carbons (Fsp3) is 0.800. The zero-order valence-electron chi connectivity index (χ0n) is 11.5. The summed E-state index contributed by atoms with van der Waals surface area (Å²) in [6.07, 6.45) is 6.97. The third-order valence-corrected chi connectivity index (χ3v) is 5.26. The fourth-order valence-electron chi connectivity index (χ4n) is 3.39. The van der Waals surface area contributed by atoms with E-state index in [-0.39, 0.29) is 29.7 Å². The SMILES string of the molecule is CC1(C)CC1(C)C(=O)OCOC1CC2C=C1CC2. The van der Waals surface area contributed by atoms with E-state index >= 15 is 0 Å². The summed E-state index contributed by atoms with van der Waals surface area (Å²) in [7, 11) is 0. The predicted molar refractivity (Wildman–Crippen MR) is 67.8 cm³/mol. The van der Waals surface area contributed by atoms with E-state index in [9.17, 15) is 4.79 Å². The van der Waals surface area contributed by atoms with Crippen LogP contribution in [0.2, 0.25) is 0 Å². The van der Waals surface area contributed by atoms with E-state index in [0.29, 0.717) is 5.92 Å². The summed E-state index contributed by atoms with van der Waals surface area (Å²) in [5.41, 5.74) is 1.19. The second-order valence-electron chi connectivity index (χ2n) is 6.87. The van der Waals surface area contributed by atoms with Crippen molar-refractivity contribution < 1.29 is 14.3 Å². The lowest BCUT2D eigenvalue weighted by molar-refractivity contribution is -0.167. The number of allylic oxidation sites excluding steroid dienone is 1. The van der Waals surface area contributed by atoms with Crippen LogP contribution < -0.4 is 0 Å². The van der Waals surface area contributed by atoms with Crippen molar-refractivity contribution in [2.75, 3.05) is 6.79 Å². The van der Waals surface area contributed by atoms with Crippen LogP contribution in [0, 0.1) is 16.7 Å². The lowest BCUT2D eigenvalue weighted by atomic mass is 9.97. The summed E-state index contributed by atoms with van der Waals surface area (Å²) in [6, 6.07) is 0. The monoisotopic (exact) mass is 250 g/mol. The fourth-order valence-corrected chi connectivity index (χ4v) is 3.39.